The lowest BCUT2D eigenvalue weighted by Crippen LogP contribution is -2.32. The molecular formula is C10H15NO3. The zero-order chi connectivity index (χ0) is 10.6. The predicted molar refractivity (Wildman–Crippen MR) is 52.0 cm³/mol. The van der Waals surface area contributed by atoms with Crippen molar-refractivity contribution in [1.82, 2.24) is 5.32 Å². The van der Waals surface area contributed by atoms with Crippen molar-refractivity contribution in [3.63, 3.8) is 0 Å². The lowest BCUT2D eigenvalue weighted by Gasteiger charge is -2.06. The third-order valence-electron chi connectivity index (χ3n) is 2.02. The summed E-state index contributed by atoms with van der Waals surface area (Å²) in [6.07, 6.45) is 0.856. The highest BCUT2D eigenvalue weighted by molar-refractivity contribution is 5.72. The Kier molecular flexibility index (Phi) is 3.71. The highest BCUT2D eigenvalue weighted by atomic mass is 16.4. The Bertz CT molecular complexity index is 306. The largest absolute Gasteiger partial charge is 0.480 e. The van der Waals surface area contributed by atoms with Crippen LogP contribution >= 0.6 is 0 Å². The van der Waals surface area contributed by atoms with Crippen molar-refractivity contribution >= 4 is 5.97 Å². The molecule has 4 nitrogen and oxygen atoms in total. The molecule has 1 rings (SSSR count). The minimum absolute atomic E-state index is 0.452. The minimum Gasteiger partial charge on any atom is -0.480 e. The van der Waals surface area contributed by atoms with E-state index in [1.54, 1.807) is 6.92 Å². The van der Waals surface area contributed by atoms with Crippen LogP contribution < -0.4 is 5.32 Å². The van der Waals surface area contributed by atoms with Crippen molar-refractivity contribution in [3.05, 3.63) is 23.7 Å². The van der Waals surface area contributed by atoms with Crippen LogP contribution in [0.2, 0.25) is 0 Å². The smallest absolute Gasteiger partial charge is 0.320 e. The van der Waals surface area contributed by atoms with E-state index in [0.29, 0.717) is 6.54 Å². The molecule has 0 aliphatic carbocycles. The summed E-state index contributed by atoms with van der Waals surface area (Å²) in [4.78, 5) is 10.5. The Morgan fingerprint density at radius 1 is 1.57 bits per heavy atom. The van der Waals surface area contributed by atoms with E-state index in [-0.39, 0.29) is 0 Å². The zero-order valence-electron chi connectivity index (χ0n) is 8.41. The molecule has 0 aliphatic rings. The quantitative estimate of drug-likeness (QED) is 0.749. The Balaban J connectivity index is 2.41. The van der Waals surface area contributed by atoms with Gasteiger partial charge in [0.1, 0.15) is 17.6 Å². The molecule has 1 atom stereocenters. The maximum atomic E-state index is 10.5. The minimum atomic E-state index is -0.854. The standard InChI is InChI=1S/C10H15NO3/c1-3-8-4-5-9(14-8)6-11-7(2)10(12)13/h4-5,7,11H,3,6H2,1-2H3,(H,12,13). The summed E-state index contributed by atoms with van der Waals surface area (Å²) in [5, 5.41) is 11.5. The van der Waals surface area contributed by atoms with E-state index in [4.69, 9.17) is 9.52 Å². The van der Waals surface area contributed by atoms with Gasteiger partial charge in [-0.2, -0.15) is 0 Å². The van der Waals surface area contributed by atoms with E-state index in [1.807, 2.05) is 19.1 Å². The molecule has 78 valence electrons. The monoisotopic (exact) mass is 197 g/mol. The molecule has 0 amide bonds. The van der Waals surface area contributed by atoms with E-state index in [2.05, 4.69) is 5.32 Å². The number of carbonyl (C=O) groups is 1. The number of rotatable bonds is 5. The summed E-state index contributed by atoms with van der Waals surface area (Å²) in [6.45, 7) is 4.06. The van der Waals surface area contributed by atoms with Crippen LogP contribution in [0.15, 0.2) is 16.5 Å². The average molecular weight is 197 g/mol. The number of carboxylic acid groups (broad SMARTS) is 1. The van der Waals surface area contributed by atoms with Gasteiger partial charge in [0.05, 0.1) is 6.54 Å². The van der Waals surface area contributed by atoms with Crippen LogP contribution in [0, 0.1) is 0 Å². The van der Waals surface area contributed by atoms with Crippen molar-refractivity contribution in [2.75, 3.05) is 0 Å². The molecular weight excluding hydrogens is 182 g/mol. The van der Waals surface area contributed by atoms with E-state index in [1.165, 1.54) is 0 Å². The number of hydrogen-bond donors (Lipinski definition) is 2. The van der Waals surface area contributed by atoms with Crippen molar-refractivity contribution < 1.29 is 14.3 Å². The van der Waals surface area contributed by atoms with Gasteiger partial charge in [-0.05, 0) is 19.1 Å². The molecule has 0 aliphatic heterocycles. The predicted octanol–water partition coefficient (Wildman–Crippen LogP) is 1.40. The molecule has 1 aromatic heterocycles. The van der Waals surface area contributed by atoms with Crippen molar-refractivity contribution in [1.29, 1.82) is 0 Å². The van der Waals surface area contributed by atoms with Gasteiger partial charge >= 0.3 is 5.97 Å². The molecule has 0 spiro atoms. The second-order valence-corrected chi connectivity index (χ2v) is 3.16. The number of aliphatic carboxylic acids is 1. The Hall–Kier alpha value is -1.29. The molecule has 0 saturated heterocycles. The molecule has 0 fully saturated rings. The molecule has 14 heavy (non-hydrogen) atoms. The summed E-state index contributed by atoms with van der Waals surface area (Å²) in [5.74, 6) is 0.840. The zero-order valence-corrected chi connectivity index (χ0v) is 8.41. The average Bonchev–Trinajstić information content (AvgIpc) is 2.61. The fourth-order valence-corrected chi connectivity index (χ4v) is 1.05. The van der Waals surface area contributed by atoms with Crippen molar-refractivity contribution in [3.8, 4) is 0 Å². The summed E-state index contributed by atoms with van der Waals surface area (Å²) in [7, 11) is 0. The third-order valence-corrected chi connectivity index (χ3v) is 2.02. The summed E-state index contributed by atoms with van der Waals surface area (Å²) in [5.41, 5.74) is 0. The van der Waals surface area contributed by atoms with Gasteiger partial charge in [0.2, 0.25) is 0 Å². The lowest BCUT2D eigenvalue weighted by molar-refractivity contribution is -0.139. The molecule has 0 radical (unpaired) electrons. The third kappa shape index (κ3) is 2.88. The maximum absolute atomic E-state index is 10.5. The van der Waals surface area contributed by atoms with Gasteiger partial charge in [-0.25, -0.2) is 0 Å². The van der Waals surface area contributed by atoms with Crippen LogP contribution in [0.1, 0.15) is 25.4 Å². The second kappa shape index (κ2) is 4.81. The first kappa shape index (κ1) is 10.8. The van der Waals surface area contributed by atoms with Crippen LogP contribution in [0.4, 0.5) is 0 Å². The van der Waals surface area contributed by atoms with E-state index >= 15 is 0 Å². The highest BCUT2D eigenvalue weighted by Crippen LogP contribution is 2.07. The molecule has 4 heteroatoms. The molecule has 1 aromatic rings. The molecule has 1 unspecified atom stereocenters. The SMILES string of the molecule is CCc1ccc(CNC(C)C(=O)O)o1. The highest BCUT2D eigenvalue weighted by Gasteiger charge is 2.10. The van der Waals surface area contributed by atoms with E-state index < -0.39 is 12.0 Å². The second-order valence-electron chi connectivity index (χ2n) is 3.16. The van der Waals surface area contributed by atoms with Crippen LogP contribution in [0.25, 0.3) is 0 Å². The number of aryl methyl sites for hydroxylation is 1. The number of nitrogens with one attached hydrogen (secondary N) is 1. The van der Waals surface area contributed by atoms with Crippen LogP contribution in [-0.4, -0.2) is 17.1 Å². The van der Waals surface area contributed by atoms with Gasteiger partial charge in [0.25, 0.3) is 0 Å². The van der Waals surface area contributed by atoms with Crippen molar-refractivity contribution in [2.45, 2.75) is 32.9 Å². The molecule has 1 heterocycles. The normalized spacial score (nSPS) is 12.7. The van der Waals surface area contributed by atoms with E-state index in [0.717, 1.165) is 17.9 Å². The van der Waals surface area contributed by atoms with Gasteiger partial charge in [-0.3, -0.25) is 10.1 Å². The van der Waals surface area contributed by atoms with Gasteiger partial charge in [0.15, 0.2) is 0 Å². The van der Waals surface area contributed by atoms with Crippen molar-refractivity contribution in [2.24, 2.45) is 0 Å². The lowest BCUT2D eigenvalue weighted by atomic mass is 10.3. The van der Waals surface area contributed by atoms with Gasteiger partial charge in [-0.1, -0.05) is 6.92 Å². The van der Waals surface area contributed by atoms with Crippen LogP contribution in [-0.2, 0) is 17.8 Å². The summed E-state index contributed by atoms with van der Waals surface area (Å²) >= 11 is 0. The Morgan fingerprint density at radius 3 is 2.71 bits per heavy atom. The summed E-state index contributed by atoms with van der Waals surface area (Å²) in [6, 6.07) is 3.22. The fourth-order valence-electron chi connectivity index (χ4n) is 1.05. The first-order valence-electron chi connectivity index (χ1n) is 4.67. The topological polar surface area (TPSA) is 62.5 Å². The molecule has 0 saturated carbocycles. The van der Waals surface area contributed by atoms with Crippen LogP contribution in [0.5, 0.6) is 0 Å². The molecule has 0 aromatic carbocycles. The maximum Gasteiger partial charge on any atom is 0.320 e. The first-order chi connectivity index (χ1) is 6.63. The van der Waals surface area contributed by atoms with Gasteiger partial charge in [0, 0.05) is 6.42 Å². The van der Waals surface area contributed by atoms with Crippen LogP contribution in [0.3, 0.4) is 0 Å². The fraction of sp³-hybridized carbons (Fsp3) is 0.500. The summed E-state index contributed by atoms with van der Waals surface area (Å²) < 4.78 is 5.41. The van der Waals surface area contributed by atoms with Gasteiger partial charge in [-0.15, -0.1) is 0 Å². The van der Waals surface area contributed by atoms with Gasteiger partial charge < -0.3 is 9.52 Å². The number of furan rings is 1. The number of hydrogen-bond acceptors (Lipinski definition) is 3. The molecule has 0 bridgehead atoms. The van der Waals surface area contributed by atoms with E-state index in [9.17, 15) is 4.79 Å². The molecule has 2 N–H and O–H groups in total. The number of carboxylic acids is 1. The Labute approximate surface area is 82.9 Å². The Morgan fingerprint density at radius 2 is 2.21 bits per heavy atom. The first-order valence-corrected chi connectivity index (χ1v) is 4.67.